The first-order valence-corrected chi connectivity index (χ1v) is 19.1. The number of benzene rings is 4. The summed E-state index contributed by atoms with van der Waals surface area (Å²) in [5.74, 6) is 3.00. The van der Waals surface area contributed by atoms with Crippen molar-refractivity contribution < 1.29 is 37.8 Å². The third kappa shape index (κ3) is 10.1. The molecule has 2 aliphatic rings. The zero-order valence-electron chi connectivity index (χ0n) is 30.7. The molecule has 16 heteroatoms. The fraction of sp³-hybridized carbons (Fsp3) is 0.244. The Hall–Kier alpha value is -6.36. The fourth-order valence-corrected chi connectivity index (χ4v) is 7.01. The molecule has 6 aromatic rings. The van der Waals surface area contributed by atoms with E-state index < -0.39 is 0 Å². The molecular weight excluding hydrogens is 754 g/mol. The third-order valence-electron chi connectivity index (χ3n) is 9.26. The first kappa shape index (κ1) is 37.6. The number of hydrogen-bond donors (Lipinski definition) is 2. The number of carbonyl (C=O) groups excluding carboxylic acids is 1. The highest BCUT2D eigenvalue weighted by atomic mass is 32.1. The van der Waals surface area contributed by atoms with E-state index in [-0.39, 0.29) is 37.4 Å². The monoisotopic (exact) mass is 791 g/mol. The molecule has 0 unspecified atom stereocenters. The second-order valence-corrected chi connectivity index (χ2v) is 14.3. The predicted molar refractivity (Wildman–Crippen MR) is 208 cm³/mol. The molecule has 14 nitrogen and oxygen atoms in total. The molecule has 57 heavy (non-hydrogen) atoms. The lowest BCUT2D eigenvalue weighted by molar-refractivity contribution is -0.122. The van der Waals surface area contributed by atoms with Gasteiger partial charge in [0.25, 0.3) is 5.91 Å². The molecular formula is C41H38FN7O7S. The van der Waals surface area contributed by atoms with Crippen molar-refractivity contribution in [3.8, 4) is 40.1 Å². The van der Waals surface area contributed by atoms with Crippen LogP contribution in [0.15, 0.2) is 99.9 Å². The second kappa shape index (κ2) is 17.6. The summed E-state index contributed by atoms with van der Waals surface area (Å²) in [6.07, 6.45) is 2.07. The Morgan fingerprint density at radius 2 is 1.63 bits per heavy atom. The Bertz CT molecular complexity index is 2330. The maximum absolute atomic E-state index is 13.1. The Kier molecular flexibility index (Phi) is 11.6. The smallest absolute Gasteiger partial charge is 0.254 e. The van der Waals surface area contributed by atoms with Gasteiger partial charge in [0.2, 0.25) is 18.5 Å². The average molecular weight is 792 g/mol. The number of phenolic OH excluding ortho intramolecular Hbond substituents is 1. The van der Waals surface area contributed by atoms with Crippen molar-refractivity contribution in [2.45, 2.75) is 26.2 Å². The molecule has 2 aromatic heterocycles. The van der Waals surface area contributed by atoms with Gasteiger partial charge in [0, 0.05) is 55.2 Å². The van der Waals surface area contributed by atoms with Crippen molar-refractivity contribution in [2.24, 2.45) is 5.10 Å². The van der Waals surface area contributed by atoms with Crippen LogP contribution in [0.25, 0.3) is 11.4 Å². The quantitative estimate of drug-likeness (QED) is 0.0956. The number of amides is 1. The molecule has 8 rings (SSSR count). The Labute approximate surface area is 331 Å². The van der Waals surface area contributed by atoms with Crippen molar-refractivity contribution in [1.82, 2.24) is 30.4 Å². The number of ether oxygens (including phenoxy) is 4. The van der Waals surface area contributed by atoms with E-state index in [0.29, 0.717) is 61.4 Å². The Balaban J connectivity index is 0.727. The topological polar surface area (TPSA) is 157 Å². The van der Waals surface area contributed by atoms with Gasteiger partial charge >= 0.3 is 0 Å². The van der Waals surface area contributed by atoms with Gasteiger partial charge in [-0.2, -0.15) is 10.1 Å². The largest absolute Gasteiger partial charge is 0.507 e. The van der Waals surface area contributed by atoms with Crippen LogP contribution in [-0.2, 0) is 31.0 Å². The fourth-order valence-electron chi connectivity index (χ4n) is 6.19. The van der Waals surface area contributed by atoms with Crippen LogP contribution >= 0.6 is 11.3 Å². The lowest BCUT2D eigenvalue weighted by Gasteiger charge is -2.33. The molecule has 0 atom stereocenters. The molecule has 0 saturated carbocycles. The van der Waals surface area contributed by atoms with Gasteiger partial charge in [-0.3, -0.25) is 14.6 Å². The summed E-state index contributed by atoms with van der Waals surface area (Å²) in [5.41, 5.74) is 6.63. The molecule has 292 valence electrons. The number of carbonyl (C=O) groups is 1. The number of phenols is 1. The number of nitrogens with one attached hydrogen (secondary N) is 1. The van der Waals surface area contributed by atoms with E-state index in [2.05, 4.69) is 30.6 Å². The Morgan fingerprint density at radius 3 is 2.46 bits per heavy atom. The molecule has 1 fully saturated rings. The third-order valence-corrected chi connectivity index (χ3v) is 10.2. The Morgan fingerprint density at radius 1 is 0.877 bits per heavy atom. The van der Waals surface area contributed by atoms with Gasteiger partial charge in [0.1, 0.15) is 36.3 Å². The number of hydrazone groups is 1. The van der Waals surface area contributed by atoms with Gasteiger partial charge in [-0.05, 0) is 59.7 Å². The van der Waals surface area contributed by atoms with Crippen molar-refractivity contribution in [3.63, 3.8) is 0 Å². The summed E-state index contributed by atoms with van der Waals surface area (Å²) < 4.78 is 41.1. The van der Waals surface area contributed by atoms with Crippen LogP contribution in [0.3, 0.4) is 0 Å². The summed E-state index contributed by atoms with van der Waals surface area (Å²) in [6.45, 7) is 4.36. The molecule has 1 amide bonds. The summed E-state index contributed by atoms with van der Waals surface area (Å²) in [4.78, 5) is 26.1. The van der Waals surface area contributed by atoms with Gasteiger partial charge in [-0.15, -0.1) is 11.3 Å². The average Bonchev–Trinajstić information content (AvgIpc) is 4.00. The molecule has 4 aromatic carbocycles. The normalized spacial score (nSPS) is 14.3. The SMILES string of the molecule is O=C(CN1CCN(Cc2nc(-c3ccc(COc4ccc(F)cc4)cc3)no2)CC1)N/N=C/c1ccc(OCc2csc(Cc3ccc4c(c3)OCO4)n2)cc1O. The number of piperazine rings is 1. The zero-order chi connectivity index (χ0) is 39.0. The highest BCUT2D eigenvalue weighted by Gasteiger charge is 2.21. The number of rotatable bonds is 15. The van der Waals surface area contributed by atoms with Crippen molar-refractivity contribution in [1.29, 1.82) is 0 Å². The molecule has 0 radical (unpaired) electrons. The van der Waals surface area contributed by atoms with Crippen LogP contribution in [0, 0.1) is 5.82 Å². The lowest BCUT2D eigenvalue weighted by atomic mass is 10.1. The number of thiazole rings is 1. The van der Waals surface area contributed by atoms with Crippen LogP contribution in [0.5, 0.6) is 28.7 Å². The number of halogens is 1. The highest BCUT2D eigenvalue weighted by molar-refractivity contribution is 7.09. The number of aromatic hydroxyl groups is 1. The van der Waals surface area contributed by atoms with Crippen LogP contribution in [0.4, 0.5) is 4.39 Å². The summed E-state index contributed by atoms with van der Waals surface area (Å²) in [5, 5.41) is 21.7. The molecule has 0 spiro atoms. The molecule has 0 aliphatic carbocycles. The number of hydrogen-bond acceptors (Lipinski definition) is 14. The van der Waals surface area contributed by atoms with Crippen LogP contribution in [0.2, 0.25) is 0 Å². The molecule has 4 heterocycles. The number of fused-ring (bicyclic) bond motifs is 1. The van der Waals surface area contributed by atoms with Gasteiger partial charge in [0.05, 0.1) is 30.0 Å². The van der Waals surface area contributed by atoms with Gasteiger partial charge < -0.3 is 28.6 Å². The second-order valence-electron chi connectivity index (χ2n) is 13.4. The maximum atomic E-state index is 13.1. The van der Waals surface area contributed by atoms with Crippen molar-refractivity contribution >= 4 is 23.5 Å². The van der Waals surface area contributed by atoms with E-state index in [0.717, 1.165) is 52.0 Å². The van der Waals surface area contributed by atoms with Crippen molar-refractivity contribution in [3.05, 3.63) is 129 Å². The van der Waals surface area contributed by atoms with Crippen LogP contribution < -0.4 is 24.4 Å². The molecule has 2 N–H and O–H groups in total. The summed E-state index contributed by atoms with van der Waals surface area (Å²) in [6, 6.07) is 24.4. The maximum Gasteiger partial charge on any atom is 0.254 e. The predicted octanol–water partition coefficient (Wildman–Crippen LogP) is 5.78. The standard InChI is InChI=1S/C41H38FN7O7S/c42-31-7-10-33(11-8-31)52-23-27-1-4-29(5-2-27)41-45-39(56-47-41)22-49-15-13-48(14-16-49)21-38(51)46-43-20-30-6-9-34(19-35(30)50)53-24-32-25-57-40(44-32)18-28-3-12-36-37(17-28)55-26-54-36/h1-12,17,19-20,25,50H,13-16,18,21-24,26H2,(H,46,51)/b43-20+. The van der Waals surface area contributed by atoms with E-state index in [4.69, 9.17) is 23.5 Å². The molecule has 2 aliphatic heterocycles. The lowest BCUT2D eigenvalue weighted by Crippen LogP contribution is -2.48. The van der Waals surface area contributed by atoms with Gasteiger partial charge in [-0.1, -0.05) is 35.5 Å². The summed E-state index contributed by atoms with van der Waals surface area (Å²) in [7, 11) is 0. The van der Waals surface area contributed by atoms with E-state index in [1.54, 1.807) is 35.6 Å². The first-order chi connectivity index (χ1) is 27.9. The van der Waals surface area contributed by atoms with Crippen molar-refractivity contribution in [2.75, 3.05) is 39.5 Å². The van der Waals surface area contributed by atoms with Crippen LogP contribution in [-0.4, -0.2) is 81.7 Å². The minimum atomic E-state index is -0.305. The minimum Gasteiger partial charge on any atom is -0.507 e. The minimum absolute atomic E-state index is 0.0280. The van der Waals surface area contributed by atoms with Gasteiger partial charge in [0.15, 0.2) is 11.5 Å². The van der Waals surface area contributed by atoms with E-state index in [1.165, 1.54) is 24.4 Å². The zero-order valence-corrected chi connectivity index (χ0v) is 31.5. The van der Waals surface area contributed by atoms with E-state index in [1.807, 2.05) is 52.7 Å². The first-order valence-electron chi connectivity index (χ1n) is 18.2. The molecule has 1 saturated heterocycles. The number of aromatic nitrogens is 3. The van der Waals surface area contributed by atoms with E-state index >= 15 is 0 Å². The number of nitrogens with zero attached hydrogens (tertiary/aromatic N) is 6. The van der Waals surface area contributed by atoms with E-state index in [9.17, 15) is 14.3 Å². The molecule has 0 bridgehead atoms. The van der Waals surface area contributed by atoms with Gasteiger partial charge in [-0.25, -0.2) is 14.8 Å². The highest BCUT2D eigenvalue weighted by Crippen LogP contribution is 2.33. The van der Waals surface area contributed by atoms with Crippen LogP contribution in [0.1, 0.15) is 33.3 Å². The summed E-state index contributed by atoms with van der Waals surface area (Å²) >= 11 is 1.56.